The van der Waals surface area contributed by atoms with Crippen LogP contribution in [0, 0.1) is 5.82 Å². The summed E-state index contributed by atoms with van der Waals surface area (Å²) >= 11 is 0. The molecule has 0 spiro atoms. The summed E-state index contributed by atoms with van der Waals surface area (Å²) in [4.78, 5) is 31.7. The number of piperazine rings is 1. The second-order valence-corrected chi connectivity index (χ2v) is 8.08. The summed E-state index contributed by atoms with van der Waals surface area (Å²) in [6.45, 7) is 3.08. The van der Waals surface area contributed by atoms with E-state index in [-0.39, 0.29) is 17.9 Å². The Hall–Kier alpha value is -3.52. The number of rotatable bonds is 4. The van der Waals surface area contributed by atoms with Crippen LogP contribution in [0.2, 0.25) is 0 Å². The lowest BCUT2D eigenvalue weighted by Gasteiger charge is -2.37. The molecule has 5 rings (SSSR count). The first kappa shape index (κ1) is 20.4. The van der Waals surface area contributed by atoms with Gasteiger partial charge in [-0.15, -0.1) is 0 Å². The van der Waals surface area contributed by atoms with Crippen LogP contribution in [0.25, 0.3) is 5.69 Å². The first-order valence-corrected chi connectivity index (χ1v) is 10.8. The second kappa shape index (κ2) is 8.55. The quantitative estimate of drug-likeness (QED) is 0.635. The minimum absolute atomic E-state index is 0.127. The number of benzene rings is 2. The third-order valence-electron chi connectivity index (χ3n) is 6.22. The molecule has 2 aliphatic rings. The minimum Gasteiger partial charge on any atom is -0.336 e. The summed E-state index contributed by atoms with van der Waals surface area (Å²) < 4.78 is 15.4. The Labute approximate surface area is 185 Å². The fraction of sp³-hybridized carbons (Fsp3) is 0.292. The normalized spacial score (nSPS) is 19.5. The average molecular weight is 433 g/mol. The first-order chi connectivity index (χ1) is 15.6. The van der Waals surface area contributed by atoms with E-state index in [1.165, 1.54) is 16.9 Å². The molecule has 7 nitrogen and oxygen atoms in total. The Morgan fingerprint density at radius 2 is 1.66 bits per heavy atom. The molecular formula is C24H24FN5O2. The molecule has 1 atom stereocenters. The van der Waals surface area contributed by atoms with Crippen molar-refractivity contribution in [3.63, 3.8) is 0 Å². The van der Waals surface area contributed by atoms with Gasteiger partial charge in [0.2, 0.25) is 5.91 Å². The molecule has 1 aromatic heterocycles. The van der Waals surface area contributed by atoms with Crippen molar-refractivity contribution in [3.8, 4) is 5.69 Å². The van der Waals surface area contributed by atoms with Crippen LogP contribution in [0.4, 0.5) is 10.1 Å². The molecule has 2 saturated heterocycles. The van der Waals surface area contributed by atoms with Crippen molar-refractivity contribution in [1.29, 1.82) is 0 Å². The number of carbonyl (C=O) groups is 2. The molecule has 0 aliphatic carbocycles. The molecule has 32 heavy (non-hydrogen) atoms. The number of amides is 2. The Morgan fingerprint density at radius 1 is 0.938 bits per heavy atom. The van der Waals surface area contributed by atoms with Gasteiger partial charge >= 0.3 is 0 Å². The monoisotopic (exact) mass is 433 g/mol. The van der Waals surface area contributed by atoms with Crippen molar-refractivity contribution in [3.05, 3.63) is 78.4 Å². The van der Waals surface area contributed by atoms with Gasteiger partial charge in [0.1, 0.15) is 11.5 Å². The first-order valence-electron chi connectivity index (χ1n) is 10.8. The second-order valence-electron chi connectivity index (χ2n) is 8.08. The number of carbonyl (C=O) groups excluding carboxylic acids is 2. The van der Waals surface area contributed by atoms with Crippen LogP contribution in [0.1, 0.15) is 16.8 Å². The van der Waals surface area contributed by atoms with E-state index in [0.717, 1.165) is 12.1 Å². The molecule has 0 N–H and O–H groups in total. The van der Waals surface area contributed by atoms with Crippen LogP contribution in [-0.4, -0.2) is 70.2 Å². The molecule has 3 heterocycles. The zero-order valence-electron chi connectivity index (χ0n) is 17.6. The van der Waals surface area contributed by atoms with E-state index >= 15 is 0 Å². The zero-order chi connectivity index (χ0) is 22.1. The SMILES string of the molecule is O=C(c1cnn(-c2ccccc2F)c1)N1CCN(C2CCN(c3ccccc3)C2=O)CC1. The van der Waals surface area contributed by atoms with Crippen molar-refractivity contribution in [2.24, 2.45) is 0 Å². The maximum absolute atomic E-state index is 14.0. The highest BCUT2D eigenvalue weighted by Crippen LogP contribution is 2.25. The summed E-state index contributed by atoms with van der Waals surface area (Å²) in [6.07, 6.45) is 3.82. The number of hydrogen-bond donors (Lipinski definition) is 0. The summed E-state index contributed by atoms with van der Waals surface area (Å²) in [6, 6.07) is 15.9. The van der Waals surface area contributed by atoms with Crippen LogP contribution in [0.15, 0.2) is 67.0 Å². The lowest BCUT2D eigenvalue weighted by atomic mass is 10.1. The van der Waals surface area contributed by atoms with Gasteiger partial charge in [0.15, 0.2) is 0 Å². The van der Waals surface area contributed by atoms with Crippen molar-refractivity contribution >= 4 is 17.5 Å². The van der Waals surface area contributed by atoms with Gasteiger partial charge in [-0.1, -0.05) is 30.3 Å². The number of anilines is 1. The van der Waals surface area contributed by atoms with Gasteiger partial charge in [-0.25, -0.2) is 9.07 Å². The van der Waals surface area contributed by atoms with Crippen LogP contribution in [0.3, 0.4) is 0 Å². The molecule has 2 amide bonds. The topological polar surface area (TPSA) is 61.7 Å². The summed E-state index contributed by atoms with van der Waals surface area (Å²) in [5.74, 6) is -0.396. The molecular weight excluding hydrogens is 409 g/mol. The standard InChI is InChI=1S/C24H24FN5O2/c25-20-8-4-5-9-21(20)30-17-18(16-26-30)23(31)28-14-12-27(13-15-28)22-10-11-29(24(22)32)19-6-2-1-3-7-19/h1-9,16-17,22H,10-15H2. The van der Waals surface area contributed by atoms with Crippen LogP contribution < -0.4 is 4.90 Å². The molecule has 2 aliphatic heterocycles. The maximum Gasteiger partial charge on any atom is 0.257 e. The van der Waals surface area contributed by atoms with E-state index in [2.05, 4.69) is 10.00 Å². The van der Waals surface area contributed by atoms with Gasteiger partial charge in [0.25, 0.3) is 5.91 Å². The highest BCUT2D eigenvalue weighted by Gasteiger charge is 2.38. The van der Waals surface area contributed by atoms with Gasteiger partial charge in [-0.2, -0.15) is 5.10 Å². The van der Waals surface area contributed by atoms with Crippen molar-refractivity contribution < 1.29 is 14.0 Å². The largest absolute Gasteiger partial charge is 0.336 e. The molecule has 0 radical (unpaired) electrons. The summed E-state index contributed by atoms with van der Waals surface area (Å²) in [7, 11) is 0. The smallest absolute Gasteiger partial charge is 0.257 e. The van der Waals surface area contributed by atoms with Crippen LogP contribution in [0.5, 0.6) is 0 Å². The molecule has 2 aromatic carbocycles. The maximum atomic E-state index is 14.0. The van der Waals surface area contributed by atoms with Gasteiger partial charge < -0.3 is 9.80 Å². The molecule has 0 bridgehead atoms. The molecule has 2 fully saturated rings. The predicted octanol–water partition coefficient (Wildman–Crippen LogP) is 2.57. The van der Waals surface area contributed by atoms with E-state index in [1.807, 2.05) is 35.2 Å². The number of halogens is 1. The molecule has 0 saturated carbocycles. The van der Waals surface area contributed by atoms with Crippen LogP contribution in [-0.2, 0) is 4.79 Å². The van der Waals surface area contributed by atoms with E-state index in [4.69, 9.17) is 0 Å². The van der Waals surface area contributed by atoms with E-state index in [0.29, 0.717) is 44.0 Å². The highest BCUT2D eigenvalue weighted by atomic mass is 19.1. The van der Waals surface area contributed by atoms with Crippen molar-refractivity contribution in [2.45, 2.75) is 12.5 Å². The summed E-state index contributed by atoms with van der Waals surface area (Å²) in [5.41, 5.74) is 1.66. The lowest BCUT2D eigenvalue weighted by Crippen LogP contribution is -2.53. The fourth-order valence-electron chi connectivity index (χ4n) is 4.49. The number of aromatic nitrogens is 2. The lowest BCUT2D eigenvalue weighted by molar-refractivity contribution is -0.122. The van der Waals surface area contributed by atoms with E-state index in [1.54, 1.807) is 29.3 Å². The number of hydrogen-bond acceptors (Lipinski definition) is 4. The van der Waals surface area contributed by atoms with Gasteiger partial charge in [-0.3, -0.25) is 14.5 Å². The van der Waals surface area contributed by atoms with Gasteiger partial charge in [0, 0.05) is 44.6 Å². The number of para-hydroxylation sites is 2. The molecule has 8 heteroatoms. The third kappa shape index (κ3) is 3.78. The Balaban J connectivity index is 1.21. The van der Waals surface area contributed by atoms with E-state index in [9.17, 15) is 14.0 Å². The van der Waals surface area contributed by atoms with E-state index < -0.39 is 5.82 Å². The molecule has 164 valence electrons. The minimum atomic E-state index is -0.394. The highest BCUT2D eigenvalue weighted by molar-refractivity contribution is 5.99. The molecule has 3 aromatic rings. The fourth-order valence-corrected chi connectivity index (χ4v) is 4.49. The van der Waals surface area contributed by atoms with Crippen molar-refractivity contribution in [1.82, 2.24) is 19.6 Å². The number of nitrogens with zero attached hydrogens (tertiary/aromatic N) is 5. The predicted molar refractivity (Wildman–Crippen MR) is 118 cm³/mol. The van der Waals surface area contributed by atoms with Crippen LogP contribution >= 0.6 is 0 Å². The summed E-state index contributed by atoms with van der Waals surface area (Å²) in [5, 5.41) is 4.16. The Bertz CT molecular complexity index is 1120. The Kier molecular flexibility index (Phi) is 5.45. The van der Waals surface area contributed by atoms with Gasteiger partial charge in [-0.05, 0) is 30.7 Å². The zero-order valence-corrected chi connectivity index (χ0v) is 17.6. The molecule has 1 unspecified atom stereocenters. The Morgan fingerprint density at radius 3 is 2.41 bits per heavy atom. The third-order valence-corrected chi connectivity index (χ3v) is 6.22. The van der Waals surface area contributed by atoms with Crippen molar-refractivity contribution in [2.75, 3.05) is 37.6 Å². The van der Waals surface area contributed by atoms with Gasteiger partial charge in [0.05, 0.1) is 17.8 Å². The average Bonchev–Trinajstić information content (AvgIpc) is 3.47.